The van der Waals surface area contributed by atoms with Gasteiger partial charge in [0.1, 0.15) is 5.75 Å². The number of anilines is 1. The van der Waals surface area contributed by atoms with E-state index in [-0.39, 0.29) is 0 Å². The molecule has 1 atom stereocenters. The number of rotatable bonds is 0. The van der Waals surface area contributed by atoms with Gasteiger partial charge in [0.2, 0.25) is 0 Å². The fourth-order valence-corrected chi connectivity index (χ4v) is 1.89. The number of phenols is 1. The molecule has 0 bridgehead atoms. The molecule has 1 aliphatic rings. The van der Waals surface area contributed by atoms with Crippen molar-refractivity contribution in [3.05, 3.63) is 23.8 Å². The molecule has 0 saturated carbocycles. The minimum atomic E-state index is 0.371. The molecule has 2 nitrogen and oxygen atoms in total. The zero-order chi connectivity index (χ0) is 8.72. The smallest absolute Gasteiger partial charge is 0.116 e. The second-order valence-corrected chi connectivity index (χ2v) is 3.52. The minimum absolute atomic E-state index is 0.371. The van der Waals surface area contributed by atoms with Crippen molar-refractivity contribution in [1.29, 1.82) is 0 Å². The summed E-state index contributed by atoms with van der Waals surface area (Å²) in [6.07, 6.45) is 0. The third-order valence-corrected chi connectivity index (χ3v) is 2.50. The summed E-state index contributed by atoms with van der Waals surface area (Å²) in [5.41, 5.74) is 2.51. The van der Waals surface area contributed by atoms with E-state index in [1.54, 1.807) is 6.07 Å². The summed E-state index contributed by atoms with van der Waals surface area (Å²) in [6, 6.07) is 5.59. The Bertz CT molecular complexity index is 309. The molecule has 0 fully saturated rings. The Morgan fingerprint density at radius 3 is 3.00 bits per heavy atom. The fourth-order valence-electron chi connectivity index (χ4n) is 1.89. The normalized spacial score (nSPS) is 21.2. The summed E-state index contributed by atoms with van der Waals surface area (Å²) in [6.45, 7) is 3.24. The first-order valence-corrected chi connectivity index (χ1v) is 4.22. The number of likely N-dealkylation sites (N-methyl/N-ethyl adjacent to an activating group) is 1. The fraction of sp³-hybridized carbons (Fsp3) is 0.400. The second-order valence-electron chi connectivity index (χ2n) is 3.52. The van der Waals surface area contributed by atoms with Crippen LogP contribution in [-0.2, 0) is 0 Å². The van der Waals surface area contributed by atoms with Gasteiger partial charge in [-0.05, 0) is 23.8 Å². The van der Waals surface area contributed by atoms with E-state index in [2.05, 4.69) is 18.9 Å². The van der Waals surface area contributed by atoms with Crippen LogP contribution in [0.1, 0.15) is 18.4 Å². The predicted molar refractivity (Wildman–Crippen MR) is 49.8 cm³/mol. The number of nitrogens with zero attached hydrogens (tertiary/aromatic N) is 1. The van der Waals surface area contributed by atoms with Gasteiger partial charge in [0.25, 0.3) is 0 Å². The van der Waals surface area contributed by atoms with Crippen LogP contribution in [0.3, 0.4) is 0 Å². The largest absolute Gasteiger partial charge is 0.508 e. The summed E-state index contributed by atoms with van der Waals surface area (Å²) >= 11 is 0. The molecule has 0 spiro atoms. The number of aromatic hydroxyl groups is 1. The van der Waals surface area contributed by atoms with Crippen molar-refractivity contribution in [1.82, 2.24) is 0 Å². The third-order valence-electron chi connectivity index (χ3n) is 2.50. The summed E-state index contributed by atoms with van der Waals surface area (Å²) in [5, 5.41) is 9.28. The van der Waals surface area contributed by atoms with E-state index >= 15 is 0 Å². The second kappa shape index (κ2) is 2.41. The van der Waals surface area contributed by atoms with Crippen molar-refractivity contribution in [3.63, 3.8) is 0 Å². The van der Waals surface area contributed by atoms with Crippen LogP contribution in [0.2, 0.25) is 0 Å². The topological polar surface area (TPSA) is 23.5 Å². The van der Waals surface area contributed by atoms with Crippen LogP contribution >= 0.6 is 0 Å². The van der Waals surface area contributed by atoms with Gasteiger partial charge >= 0.3 is 0 Å². The number of phenolic OH excluding ortho intramolecular Hbond substituents is 1. The highest BCUT2D eigenvalue weighted by atomic mass is 16.3. The first-order chi connectivity index (χ1) is 5.68. The monoisotopic (exact) mass is 163 g/mol. The number of benzene rings is 1. The van der Waals surface area contributed by atoms with Crippen LogP contribution in [0.15, 0.2) is 18.2 Å². The Kier molecular flexibility index (Phi) is 1.50. The molecule has 1 N–H and O–H groups in total. The molecule has 1 aromatic rings. The molecule has 12 heavy (non-hydrogen) atoms. The average Bonchev–Trinajstić information content (AvgIpc) is 2.28. The molecular weight excluding hydrogens is 150 g/mol. The van der Waals surface area contributed by atoms with Gasteiger partial charge in [-0.25, -0.2) is 0 Å². The van der Waals surface area contributed by atoms with Crippen LogP contribution in [0, 0.1) is 0 Å². The van der Waals surface area contributed by atoms with E-state index in [4.69, 9.17) is 0 Å². The van der Waals surface area contributed by atoms with Gasteiger partial charge in [0, 0.05) is 25.2 Å². The lowest BCUT2D eigenvalue weighted by atomic mass is 10.0. The average molecular weight is 163 g/mol. The highest BCUT2D eigenvalue weighted by Crippen LogP contribution is 2.36. The molecule has 0 saturated heterocycles. The molecule has 1 aromatic carbocycles. The lowest BCUT2D eigenvalue weighted by Crippen LogP contribution is -2.13. The third kappa shape index (κ3) is 0.951. The van der Waals surface area contributed by atoms with Gasteiger partial charge in [0.15, 0.2) is 0 Å². The van der Waals surface area contributed by atoms with E-state index < -0.39 is 0 Å². The summed E-state index contributed by atoms with van der Waals surface area (Å²) in [5.74, 6) is 0.910. The van der Waals surface area contributed by atoms with E-state index in [0.717, 1.165) is 6.54 Å². The molecular formula is C10H13NO. The van der Waals surface area contributed by atoms with Crippen molar-refractivity contribution in [2.75, 3.05) is 18.5 Å². The van der Waals surface area contributed by atoms with Crippen molar-refractivity contribution >= 4 is 5.69 Å². The van der Waals surface area contributed by atoms with Gasteiger partial charge in [-0.1, -0.05) is 6.92 Å². The Labute approximate surface area is 72.4 Å². The highest BCUT2D eigenvalue weighted by Gasteiger charge is 2.22. The lowest BCUT2D eigenvalue weighted by molar-refractivity contribution is 0.474. The molecule has 2 heteroatoms. The van der Waals surface area contributed by atoms with Crippen molar-refractivity contribution < 1.29 is 5.11 Å². The maximum Gasteiger partial charge on any atom is 0.116 e. The van der Waals surface area contributed by atoms with Crippen LogP contribution in [0.4, 0.5) is 5.69 Å². The maximum atomic E-state index is 9.28. The van der Waals surface area contributed by atoms with Crippen molar-refractivity contribution in [2.45, 2.75) is 12.8 Å². The lowest BCUT2D eigenvalue weighted by Gasteiger charge is -2.10. The summed E-state index contributed by atoms with van der Waals surface area (Å²) < 4.78 is 0. The SMILES string of the molecule is CC1CN(C)c2ccc(O)cc21. The molecule has 0 aromatic heterocycles. The van der Waals surface area contributed by atoms with Gasteiger partial charge in [-0.15, -0.1) is 0 Å². The Hall–Kier alpha value is -1.18. The molecule has 1 heterocycles. The number of hydrogen-bond acceptors (Lipinski definition) is 2. The molecule has 0 amide bonds. The Balaban J connectivity index is 2.53. The van der Waals surface area contributed by atoms with Crippen LogP contribution in [0.5, 0.6) is 5.75 Å². The molecule has 0 aliphatic carbocycles. The standard InChI is InChI=1S/C10H13NO/c1-7-6-11(2)10-4-3-8(12)5-9(7)10/h3-5,7,12H,6H2,1-2H3. The summed E-state index contributed by atoms with van der Waals surface area (Å²) in [7, 11) is 2.08. The zero-order valence-corrected chi connectivity index (χ0v) is 7.41. The van der Waals surface area contributed by atoms with E-state index in [0.29, 0.717) is 11.7 Å². The van der Waals surface area contributed by atoms with E-state index in [9.17, 15) is 5.11 Å². The molecule has 1 unspecified atom stereocenters. The molecule has 1 aliphatic heterocycles. The summed E-state index contributed by atoms with van der Waals surface area (Å²) in [4.78, 5) is 2.22. The Morgan fingerprint density at radius 1 is 1.50 bits per heavy atom. The quantitative estimate of drug-likeness (QED) is 0.631. The van der Waals surface area contributed by atoms with Gasteiger partial charge in [0.05, 0.1) is 0 Å². The first-order valence-electron chi connectivity index (χ1n) is 4.22. The highest BCUT2D eigenvalue weighted by molar-refractivity contribution is 5.61. The minimum Gasteiger partial charge on any atom is -0.508 e. The van der Waals surface area contributed by atoms with E-state index in [1.807, 2.05) is 12.1 Å². The van der Waals surface area contributed by atoms with Crippen LogP contribution < -0.4 is 4.90 Å². The zero-order valence-electron chi connectivity index (χ0n) is 7.41. The van der Waals surface area contributed by atoms with Crippen molar-refractivity contribution in [2.24, 2.45) is 0 Å². The number of fused-ring (bicyclic) bond motifs is 1. The van der Waals surface area contributed by atoms with Gasteiger partial charge in [-0.2, -0.15) is 0 Å². The first kappa shape index (κ1) is 7.47. The molecule has 2 rings (SSSR count). The maximum absolute atomic E-state index is 9.28. The predicted octanol–water partition coefficient (Wildman–Crippen LogP) is 1.95. The van der Waals surface area contributed by atoms with Crippen molar-refractivity contribution in [3.8, 4) is 5.75 Å². The Morgan fingerprint density at radius 2 is 2.25 bits per heavy atom. The van der Waals surface area contributed by atoms with Gasteiger partial charge in [-0.3, -0.25) is 0 Å². The molecule has 64 valence electrons. The van der Waals surface area contributed by atoms with E-state index in [1.165, 1.54) is 11.3 Å². The van der Waals surface area contributed by atoms with Crippen LogP contribution in [-0.4, -0.2) is 18.7 Å². The number of hydrogen-bond donors (Lipinski definition) is 1. The molecule has 0 radical (unpaired) electrons. The van der Waals surface area contributed by atoms with Gasteiger partial charge < -0.3 is 10.0 Å². The van der Waals surface area contributed by atoms with Crippen LogP contribution in [0.25, 0.3) is 0 Å².